The van der Waals surface area contributed by atoms with E-state index in [0.717, 1.165) is 4.80 Å². The Kier molecular flexibility index (Phi) is 4.91. The van der Waals surface area contributed by atoms with E-state index < -0.39 is 20.8 Å². The molecule has 0 unspecified atom stereocenters. The highest BCUT2D eigenvalue weighted by molar-refractivity contribution is 8.13. The first-order valence-electron chi connectivity index (χ1n) is 6.88. The summed E-state index contributed by atoms with van der Waals surface area (Å²) in [5.41, 5.74) is -0.824. The van der Waals surface area contributed by atoms with Gasteiger partial charge in [-0.25, -0.2) is 13.4 Å². The maximum Gasteiger partial charge on any atom is 0.416 e. The Labute approximate surface area is 164 Å². The number of nitrogens with one attached hydrogen (secondary N) is 1. The number of aromatic amines is 1. The lowest BCUT2D eigenvalue weighted by Gasteiger charge is -2.11. The molecule has 0 saturated carbocycles. The number of hydrogen-bond donors (Lipinski definition) is 1. The predicted molar refractivity (Wildman–Crippen MR) is 91.7 cm³/mol. The zero-order valence-electron chi connectivity index (χ0n) is 13.0. The van der Waals surface area contributed by atoms with Crippen LogP contribution in [0.3, 0.4) is 0 Å². The predicted octanol–water partition coefficient (Wildman–Crippen LogP) is 4.22. The van der Waals surface area contributed by atoms with E-state index in [2.05, 4.69) is 20.2 Å². The standard InChI is InChI=1S/C13H7Cl3F3N5O2S/c1-5-12(27(16,25)26)22-11(21-5)9-4-20-24(23-9)10-7(14)2-6(3-8(10)15)13(17,18)19/h2-4H,1H3,(H,21,22). The van der Waals surface area contributed by atoms with E-state index in [-0.39, 0.29) is 38.0 Å². The first-order chi connectivity index (χ1) is 12.4. The van der Waals surface area contributed by atoms with Gasteiger partial charge in [0.1, 0.15) is 11.4 Å². The second kappa shape index (κ2) is 6.66. The molecule has 0 saturated heterocycles. The summed E-state index contributed by atoms with van der Waals surface area (Å²) in [6.07, 6.45) is -3.42. The largest absolute Gasteiger partial charge is 0.416 e. The van der Waals surface area contributed by atoms with Crippen LogP contribution < -0.4 is 0 Å². The third-order valence-electron chi connectivity index (χ3n) is 3.35. The van der Waals surface area contributed by atoms with Gasteiger partial charge in [-0.15, -0.1) is 9.90 Å². The summed E-state index contributed by atoms with van der Waals surface area (Å²) < 4.78 is 61.3. The van der Waals surface area contributed by atoms with Crippen molar-refractivity contribution in [1.82, 2.24) is 25.0 Å². The molecule has 0 radical (unpaired) electrons. The fourth-order valence-electron chi connectivity index (χ4n) is 2.20. The average molecular weight is 461 g/mol. The highest BCUT2D eigenvalue weighted by Crippen LogP contribution is 2.37. The monoisotopic (exact) mass is 459 g/mol. The van der Waals surface area contributed by atoms with E-state index >= 15 is 0 Å². The van der Waals surface area contributed by atoms with Crippen molar-refractivity contribution in [2.24, 2.45) is 0 Å². The average Bonchev–Trinajstić information content (AvgIpc) is 3.11. The normalized spacial score (nSPS) is 12.6. The van der Waals surface area contributed by atoms with Crippen LogP contribution in [0.25, 0.3) is 17.2 Å². The van der Waals surface area contributed by atoms with E-state index in [1.165, 1.54) is 13.1 Å². The van der Waals surface area contributed by atoms with E-state index in [1.54, 1.807) is 0 Å². The van der Waals surface area contributed by atoms with Crippen molar-refractivity contribution in [2.45, 2.75) is 18.1 Å². The van der Waals surface area contributed by atoms with Crippen LogP contribution in [0.4, 0.5) is 13.2 Å². The van der Waals surface area contributed by atoms with Crippen LogP contribution in [0.15, 0.2) is 23.4 Å². The second-order valence-corrected chi connectivity index (χ2v) is 8.55. The van der Waals surface area contributed by atoms with Gasteiger partial charge in [-0.2, -0.15) is 18.3 Å². The lowest BCUT2D eigenvalue weighted by molar-refractivity contribution is -0.137. The molecule has 14 heteroatoms. The second-order valence-electron chi connectivity index (χ2n) is 5.26. The minimum absolute atomic E-state index is 0.0390. The fraction of sp³-hybridized carbons (Fsp3) is 0.154. The highest BCUT2D eigenvalue weighted by Gasteiger charge is 2.32. The molecule has 3 aromatic rings. The zero-order chi connectivity index (χ0) is 20.1. The molecule has 0 spiro atoms. The number of nitrogens with zero attached hydrogens (tertiary/aromatic N) is 4. The van der Waals surface area contributed by atoms with Gasteiger partial charge < -0.3 is 4.98 Å². The molecular formula is C13H7Cl3F3N5O2S. The molecule has 2 aromatic heterocycles. The number of halogens is 6. The molecule has 0 aliphatic rings. The number of alkyl halides is 3. The van der Waals surface area contributed by atoms with Crippen LogP contribution in [0.1, 0.15) is 11.3 Å². The van der Waals surface area contributed by atoms with Gasteiger partial charge in [0.2, 0.25) is 0 Å². The van der Waals surface area contributed by atoms with Gasteiger partial charge in [-0.1, -0.05) is 23.2 Å². The Balaban J connectivity index is 2.05. The van der Waals surface area contributed by atoms with Crippen molar-refractivity contribution in [3.63, 3.8) is 0 Å². The summed E-state index contributed by atoms with van der Waals surface area (Å²) in [6.45, 7) is 1.44. The minimum atomic E-state index is -4.62. The van der Waals surface area contributed by atoms with Crippen molar-refractivity contribution in [1.29, 1.82) is 0 Å². The van der Waals surface area contributed by atoms with E-state index in [4.69, 9.17) is 33.9 Å². The van der Waals surface area contributed by atoms with Gasteiger partial charge in [0.05, 0.1) is 27.5 Å². The summed E-state index contributed by atoms with van der Waals surface area (Å²) >= 11 is 11.8. The topological polar surface area (TPSA) is 93.5 Å². The molecule has 7 nitrogen and oxygen atoms in total. The van der Waals surface area contributed by atoms with Gasteiger partial charge in [-0.05, 0) is 19.1 Å². The van der Waals surface area contributed by atoms with E-state index in [9.17, 15) is 21.6 Å². The smallest absolute Gasteiger partial charge is 0.339 e. The van der Waals surface area contributed by atoms with Crippen molar-refractivity contribution in [2.75, 3.05) is 0 Å². The van der Waals surface area contributed by atoms with Crippen molar-refractivity contribution < 1.29 is 21.6 Å². The molecular weight excluding hydrogens is 454 g/mol. The highest BCUT2D eigenvalue weighted by atomic mass is 35.7. The third kappa shape index (κ3) is 3.91. The molecule has 0 amide bonds. The number of rotatable bonds is 3. The molecule has 144 valence electrons. The molecule has 0 aliphatic heterocycles. The Morgan fingerprint density at radius 1 is 1.19 bits per heavy atom. The molecule has 0 bridgehead atoms. The lowest BCUT2D eigenvalue weighted by Crippen LogP contribution is -2.07. The molecule has 0 aliphatic carbocycles. The first kappa shape index (κ1) is 19.9. The van der Waals surface area contributed by atoms with Crippen molar-refractivity contribution >= 4 is 42.9 Å². The quantitative estimate of drug-likeness (QED) is 0.591. The molecule has 2 heterocycles. The van der Waals surface area contributed by atoms with E-state index in [0.29, 0.717) is 12.1 Å². The number of aryl methyl sites for hydroxylation is 1. The summed E-state index contributed by atoms with van der Waals surface area (Å²) in [4.78, 5) is 7.44. The van der Waals surface area contributed by atoms with Crippen LogP contribution >= 0.6 is 33.9 Å². The van der Waals surface area contributed by atoms with Crippen LogP contribution in [0, 0.1) is 6.92 Å². The van der Waals surface area contributed by atoms with Crippen LogP contribution in [0.2, 0.25) is 10.0 Å². The van der Waals surface area contributed by atoms with Crippen molar-refractivity contribution in [3.05, 3.63) is 39.6 Å². The van der Waals surface area contributed by atoms with Crippen molar-refractivity contribution in [3.8, 4) is 17.2 Å². The Morgan fingerprint density at radius 3 is 2.26 bits per heavy atom. The third-order valence-corrected chi connectivity index (χ3v) is 5.22. The molecule has 27 heavy (non-hydrogen) atoms. The van der Waals surface area contributed by atoms with Gasteiger partial charge in [0.15, 0.2) is 10.9 Å². The summed E-state index contributed by atoms with van der Waals surface area (Å²) in [6, 6.07) is 1.39. The minimum Gasteiger partial charge on any atom is -0.339 e. The Hall–Kier alpha value is -1.82. The van der Waals surface area contributed by atoms with Gasteiger partial charge >= 0.3 is 6.18 Å². The number of benzene rings is 1. The molecule has 0 fully saturated rings. The van der Waals surface area contributed by atoms with Gasteiger partial charge in [0, 0.05) is 10.7 Å². The molecule has 1 N–H and O–H groups in total. The zero-order valence-corrected chi connectivity index (χ0v) is 16.1. The molecule has 1 aromatic carbocycles. The summed E-state index contributed by atoms with van der Waals surface area (Å²) in [5.74, 6) is 0.0390. The van der Waals surface area contributed by atoms with Crippen LogP contribution in [-0.2, 0) is 15.2 Å². The number of aromatic nitrogens is 5. The fourth-order valence-corrected chi connectivity index (χ4v) is 3.91. The summed E-state index contributed by atoms with van der Waals surface area (Å²) in [5, 5.41) is 6.89. The van der Waals surface area contributed by atoms with Gasteiger partial charge in [0.25, 0.3) is 9.05 Å². The SMILES string of the molecule is Cc1[nH]c(-c2cnn(-c3c(Cl)cc(C(F)(F)F)cc3Cl)n2)nc1S(=O)(=O)Cl. The van der Waals surface area contributed by atoms with E-state index in [1.807, 2.05) is 0 Å². The maximum absolute atomic E-state index is 12.8. The lowest BCUT2D eigenvalue weighted by atomic mass is 10.2. The Bertz CT molecular complexity index is 1120. The number of imidazole rings is 1. The molecule has 0 atom stereocenters. The van der Waals surface area contributed by atoms with Crippen LogP contribution in [0.5, 0.6) is 0 Å². The number of H-pyrrole nitrogens is 1. The number of hydrogen-bond acceptors (Lipinski definition) is 5. The van der Waals surface area contributed by atoms with Crippen LogP contribution in [-0.4, -0.2) is 33.4 Å². The maximum atomic E-state index is 12.8. The Morgan fingerprint density at radius 2 is 1.78 bits per heavy atom. The molecule has 3 rings (SSSR count). The first-order valence-corrected chi connectivity index (χ1v) is 9.95. The van der Waals surface area contributed by atoms with Gasteiger partial charge in [-0.3, -0.25) is 0 Å². The summed E-state index contributed by atoms with van der Waals surface area (Å²) in [7, 11) is 1.21.